The predicted octanol–water partition coefficient (Wildman–Crippen LogP) is 6.76. The summed E-state index contributed by atoms with van der Waals surface area (Å²) in [6, 6.07) is 9.40. The minimum Gasteiger partial charge on any atom is -0.494 e. The molecule has 0 amide bonds. The van der Waals surface area contributed by atoms with E-state index in [1.165, 1.54) is 89.5 Å². The lowest BCUT2D eigenvalue weighted by Crippen LogP contribution is -2.48. The van der Waals surface area contributed by atoms with Gasteiger partial charge >= 0.3 is 0 Å². The minimum absolute atomic E-state index is 0.665. The molecule has 0 atom stereocenters. The summed E-state index contributed by atoms with van der Waals surface area (Å²) in [5.41, 5.74) is 1.38. The highest BCUT2D eigenvalue weighted by atomic mass is 16.5. The van der Waals surface area contributed by atoms with Crippen LogP contribution >= 0.6 is 0 Å². The van der Waals surface area contributed by atoms with Crippen molar-refractivity contribution in [1.82, 2.24) is 9.80 Å². The maximum absolute atomic E-state index is 6.04. The molecule has 1 aromatic carbocycles. The smallest absolute Gasteiger partial charge is 0.119 e. The molecule has 0 spiro atoms. The molecule has 0 radical (unpaired) electrons. The molecule has 0 N–H and O–H groups in total. The van der Waals surface area contributed by atoms with E-state index >= 15 is 0 Å². The van der Waals surface area contributed by atoms with Crippen molar-refractivity contribution in [2.75, 3.05) is 32.8 Å². The molecule has 0 unspecified atom stereocenters. The van der Waals surface area contributed by atoms with E-state index in [9.17, 15) is 0 Å². The van der Waals surface area contributed by atoms with Gasteiger partial charge in [0.2, 0.25) is 0 Å². The second-order valence-electron chi connectivity index (χ2n) is 9.91. The van der Waals surface area contributed by atoms with Crippen LogP contribution in [0.15, 0.2) is 24.3 Å². The van der Waals surface area contributed by atoms with Crippen LogP contribution in [0.1, 0.15) is 91.0 Å². The summed E-state index contributed by atoms with van der Waals surface area (Å²) >= 11 is 0. The van der Waals surface area contributed by atoms with Crippen molar-refractivity contribution in [3.8, 4) is 5.75 Å². The van der Waals surface area contributed by atoms with Crippen LogP contribution in [0.2, 0.25) is 0 Å². The van der Waals surface area contributed by atoms with E-state index in [2.05, 4.69) is 61.8 Å². The molecule has 1 aliphatic rings. The van der Waals surface area contributed by atoms with Gasteiger partial charge < -0.3 is 4.74 Å². The van der Waals surface area contributed by atoms with Gasteiger partial charge in [-0.3, -0.25) is 9.80 Å². The summed E-state index contributed by atoms with van der Waals surface area (Å²) in [5, 5.41) is 0. The van der Waals surface area contributed by atoms with Gasteiger partial charge in [0.1, 0.15) is 5.75 Å². The zero-order valence-electron chi connectivity index (χ0n) is 20.4. The first kappa shape index (κ1) is 25.2. The number of hydrogen-bond donors (Lipinski definition) is 0. The van der Waals surface area contributed by atoms with Gasteiger partial charge in [-0.15, -0.1) is 0 Å². The van der Waals surface area contributed by atoms with Gasteiger partial charge in [-0.25, -0.2) is 0 Å². The fourth-order valence-electron chi connectivity index (χ4n) is 4.34. The standard InChI is InChI=1S/C27H48N2O/c1-24(2)14-11-9-7-5-6-8-10-12-21-30-27-16-13-15-26(22-27)23-28-17-19-29(20-18-28)25(3)4/h13,15-16,22,24-25H,5-12,14,17-21,23H2,1-4H3. The lowest BCUT2D eigenvalue weighted by molar-refractivity contribution is 0.104. The van der Waals surface area contributed by atoms with E-state index in [4.69, 9.17) is 4.74 Å². The van der Waals surface area contributed by atoms with Crippen molar-refractivity contribution in [3.63, 3.8) is 0 Å². The molecule has 0 aromatic heterocycles. The van der Waals surface area contributed by atoms with E-state index in [0.717, 1.165) is 24.8 Å². The van der Waals surface area contributed by atoms with Crippen molar-refractivity contribution in [1.29, 1.82) is 0 Å². The molecule has 1 heterocycles. The molecule has 1 aliphatic heterocycles. The molecule has 2 rings (SSSR count). The monoisotopic (exact) mass is 416 g/mol. The first-order chi connectivity index (χ1) is 14.5. The Morgan fingerprint density at radius 1 is 0.800 bits per heavy atom. The van der Waals surface area contributed by atoms with Gasteiger partial charge in [0.15, 0.2) is 0 Å². The van der Waals surface area contributed by atoms with Crippen molar-refractivity contribution in [2.24, 2.45) is 5.92 Å². The van der Waals surface area contributed by atoms with Crippen LogP contribution < -0.4 is 4.74 Å². The molecule has 3 nitrogen and oxygen atoms in total. The van der Waals surface area contributed by atoms with Crippen LogP contribution in [0.4, 0.5) is 0 Å². The average Bonchev–Trinajstić information content (AvgIpc) is 2.72. The van der Waals surface area contributed by atoms with Gasteiger partial charge in [-0.2, -0.15) is 0 Å². The van der Waals surface area contributed by atoms with Gasteiger partial charge in [0.05, 0.1) is 6.61 Å². The summed E-state index contributed by atoms with van der Waals surface area (Å²) in [5.74, 6) is 1.91. The maximum atomic E-state index is 6.04. The summed E-state index contributed by atoms with van der Waals surface area (Å²) in [4.78, 5) is 5.14. The third kappa shape index (κ3) is 10.8. The largest absolute Gasteiger partial charge is 0.494 e. The number of benzene rings is 1. The van der Waals surface area contributed by atoms with E-state index in [0.29, 0.717) is 6.04 Å². The minimum atomic E-state index is 0.665. The van der Waals surface area contributed by atoms with E-state index in [1.807, 2.05) is 0 Å². The Bertz CT molecular complexity index is 550. The molecule has 1 saturated heterocycles. The number of hydrogen-bond acceptors (Lipinski definition) is 3. The summed E-state index contributed by atoms with van der Waals surface area (Å²) in [6.45, 7) is 15.8. The Kier molecular flexibility index (Phi) is 12.5. The molecule has 0 saturated carbocycles. The first-order valence-electron chi connectivity index (χ1n) is 12.7. The first-order valence-corrected chi connectivity index (χ1v) is 12.7. The fraction of sp³-hybridized carbons (Fsp3) is 0.778. The maximum Gasteiger partial charge on any atom is 0.119 e. The van der Waals surface area contributed by atoms with E-state index in [1.54, 1.807) is 0 Å². The van der Waals surface area contributed by atoms with Crippen LogP contribution in [0.3, 0.4) is 0 Å². The predicted molar refractivity (Wildman–Crippen MR) is 130 cm³/mol. The average molecular weight is 417 g/mol. The zero-order valence-corrected chi connectivity index (χ0v) is 20.4. The topological polar surface area (TPSA) is 15.7 Å². The lowest BCUT2D eigenvalue weighted by Gasteiger charge is -2.36. The van der Waals surface area contributed by atoms with E-state index in [-0.39, 0.29) is 0 Å². The number of nitrogens with zero attached hydrogens (tertiary/aromatic N) is 2. The Morgan fingerprint density at radius 3 is 2.07 bits per heavy atom. The third-order valence-corrected chi connectivity index (χ3v) is 6.39. The Morgan fingerprint density at radius 2 is 1.43 bits per heavy atom. The molecule has 3 heteroatoms. The molecule has 0 aliphatic carbocycles. The highest BCUT2D eigenvalue weighted by Gasteiger charge is 2.18. The van der Waals surface area contributed by atoms with Gasteiger partial charge in [-0.1, -0.05) is 77.3 Å². The van der Waals surface area contributed by atoms with Gasteiger partial charge in [0, 0.05) is 38.8 Å². The third-order valence-electron chi connectivity index (χ3n) is 6.39. The van der Waals surface area contributed by atoms with Crippen LogP contribution in [0.25, 0.3) is 0 Å². The highest BCUT2D eigenvalue weighted by Crippen LogP contribution is 2.17. The molecular formula is C27H48N2O. The molecule has 30 heavy (non-hydrogen) atoms. The molecule has 172 valence electrons. The molecule has 1 aromatic rings. The summed E-state index contributed by atoms with van der Waals surface area (Å²) in [6.07, 6.45) is 12.3. The second-order valence-corrected chi connectivity index (χ2v) is 9.91. The molecule has 1 fully saturated rings. The lowest BCUT2D eigenvalue weighted by atomic mass is 10.0. The molecular weight excluding hydrogens is 368 g/mol. The van der Waals surface area contributed by atoms with Crippen LogP contribution in [0, 0.1) is 5.92 Å². The second kappa shape index (κ2) is 14.9. The number of piperazine rings is 1. The normalized spacial score (nSPS) is 15.9. The fourth-order valence-corrected chi connectivity index (χ4v) is 4.34. The van der Waals surface area contributed by atoms with Crippen LogP contribution in [-0.2, 0) is 6.54 Å². The van der Waals surface area contributed by atoms with Crippen molar-refractivity contribution < 1.29 is 4.74 Å². The van der Waals surface area contributed by atoms with Gasteiger partial charge in [0.25, 0.3) is 0 Å². The highest BCUT2D eigenvalue weighted by molar-refractivity contribution is 5.28. The quantitative estimate of drug-likeness (QED) is 0.294. The number of rotatable bonds is 15. The summed E-state index contributed by atoms with van der Waals surface area (Å²) in [7, 11) is 0. The molecule has 0 bridgehead atoms. The SMILES string of the molecule is CC(C)CCCCCCCCCCOc1cccc(CN2CCN(C(C)C)CC2)c1. The van der Waals surface area contributed by atoms with Crippen molar-refractivity contribution >= 4 is 0 Å². The van der Waals surface area contributed by atoms with Crippen LogP contribution in [-0.4, -0.2) is 48.6 Å². The number of ether oxygens (including phenoxy) is 1. The Balaban J connectivity index is 1.51. The van der Waals surface area contributed by atoms with Crippen molar-refractivity contribution in [3.05, 3.63) is 29.8 Å². The van der Waals surface area contributed by atoms with Crippen molar-refractivity contribution in [2.45, 2.75) is 98.1 Å². The van der Waals surface area contributed by atoms with Gasteiger partial charge in [-0.05, 0) is 43.9 Å². The van der Waals surface area contributed by atoms with E-state index < -0.39 is 0 Å². The Hall–Kier alpha value is -1.06. The Labute approximate surface area is 187 Å². The van der Waals surface area contributed by atoms with Crippen LogP contribution in [0.5, 0.6) is 5.75 Å². The number of unbranched alkanes of at least 4 members (excludes halogenated alkanes) is 7. The zero-order chi connectivity index (χ0) is 21.6. The summed E-state index contributed by atoms with van der Waals surface area (Å²) < 4.78 is 6.04.